The lowest BCUT2D eigenvalue weighted by atomic mass is 9.97. The van der Waals surface area contributed by atoms with Crippen LogP contribution in [0.3, 0.4) is 0 Å². The number of likely N-dealkylation sites (tertiary alicyclic amines) is 1. The fourth-order valence-electron chi connectivity index (χ4n) is 3.21. The van der Waals surface area contributed by atoms with Crippen LogP contribution in [-0.4, -0.2) is 46.7 Å². The van der Waals surface area contributed by atoms with Crippen molar-refractivity contribution in [1.29, 1.82) is 0 Å². The van der Waals surface area contributed by atoms with Crippen LogP contribution < -0.4 is 9.47 Å². The Labute approximate surface area is 139 Å². The highest BCUT2D eigenvalue weighted by atomic mass is 16.6. The van der Waals surface area contributed by atoms with Gasteiger partial charge >= 0.3 is 0 Å². The number of hydrogen-bond acceptors (Lipinski definition) is 6. The zero-order valence-corrected chi connectivity index (χ0v) is 13.5. The van der Waals surface area contributed by atoms with E-state index in [1.807, 2.05) is 29.2 Å². The molecule has 2 aromatic rings. The molecule has 24 heavy (non-hydrogen) atoms. The van der Waals surface area contributed by atoms with E-state index in [0.29, 0.717) is 36.3 Å². The molecule has 126 valence electrons. The molecule has 1 aromatic heterocycles. The highest BCUT2D eigenvalue weighted by molar-refractivity contribution is 5.82. The van der Waals surface area contributed by atoms with Crippen LogP contribution >= 0.6 is 0 Å². The SMILES string of the molecule is Cc1nc([C@H]2CCCN(C(=O)[C@@H]3COc4ccccc4O3)C2)no1. The first kappa shape index (κ1) is 15.0. The highest BCUT2D eigenvalue weighted by Crippen LogP contribution is 2.32. The maximum atomic E-state index is 12.8. The Balaban J connectivity index is 1.45. The Morgan fingerprint density at radius 1 is 1.29 bits per heavy atom. The molecule has 7 nitrogen and oxygen atoms in total. The lowest BCUT2D eigenvalue weighted by Crippen LogP contribution is -2.49. The van der Waals surface area contributed by atoms with Crippen LogP contribution in [0.2, 0.25) is 0 Å². The molecule has 0 radical (unpaired) electrons. The van der Waals surface area contributed by atoms with E-state index in [0.717, 1.165) is 12.8 Å². The van der Waals surface area contributed by atoms with Gasteiger partial charge in [0.1, 0.15) is 6.61 Å². The second kappa shape index (κ2) is 6.14. The van der Waals surface area contributed by atoms with E-state index in [1.165, 1.54) is 0 Å². The van der Waals surface area contributed by atoms with Crippen molar-refractivity contribution in [3.8, 4) is 11.5 Å². The number of benzene rings is 1. The number of carbonyl (C=O) groups excluding carboxylic acids is 1. The molecule has 7 heteroatoms. The molecule has 0 saturated carbocycles. The smallest absolute Gasteiger partial charge is 0.267 e. The Morgan fingerprint density at radius 3 is 2.92 bits per heavy atom. The normalized spacial score (nSPS) is 23.1. The third-order valence-electron chi connectivity index (χ3n) is 4.43. The van der Waals surface area contributed by atoms with Crippen molar-refractivity contribution in [1.82, 2.24) is 15.0 Å². The molecule has 2 atom stereocenters. The maximum Gasteiger partial charge on any atom is 0.267 e. The van der Waals surface area contributed by atoms with Crippen molar-refractivity contribution >= 4 is 5.91 Å². The number of ether oxygens (including phenoxy) is 2. The monoisotopic (exact) mass is 329 g/mol. The first-order valence-electron chi connectivity index (χ1n) is 8.18. The lowest BCUT2D eigenvalue weighted by molar-refractivity contribution is -0.142. The molecule has 2 aliphatic heterocycles. The molecule has 4 rings (SSSR count). The number of amides is 1. The third kappa shape index (κ3) is 2.81. The van der Waals surface area contributed by atoms with Crippen LogP contribution in [0, 0.1) is 6.92 Å². The van der Waals surface area contributed by atoms with Gasteiger partial charge in [0.05, 0.1) is 0 Å². The molecular formula is C17H19N3O4. The van der Waals surface area contributed by atoms with Gasteiger partial charge < -0.3 is 18.9 Å². The molecule has 3 heterocycles. The maximum absolute atomic E-state index is 12.8. The van der Waals surface area contributed by atoms with Gasteiger partial charge in [-0.05, 0) is 25.0 Å². The number of nitrogens with zero attached hydrogens (tertiary/aromatic N) is 3. The average Bonchev–Trinajstić information content (AvgIpc) is 3.07. The van der Waals surface area contributed by atoms with Crippen molar-refractivity contribution in [2.45, 2.75) is 31.8 Å². The second-order valence-corrected chi connectivity index (χ2v) is 6.16. The summed E-state index contributed by atoms with van der Waals surface area (Å²) in [4.78, 5) is 18.9. The molecule has 0 aliphatic carbocycles. The zero-order valence-electron chi connectivity index (χ0n) is 13.5. The van der Waals surface area contributed by atoms with Gasteiger partial charge in [-0.1, -0.05) is 17.3 Å². The summed E-state index contributed by atoms with van der Waals surface area (Å²) in [6, 6.07) is 7.40. The van der Waals surface area contributed by atoms with Crippen molar-refractivity contribution in [3.63, 3.8) is 0 Å². The number of fused-ring (bicyclic) bond motifs is 1. The van der Waals surface area contributed by atoms with Crippen LogP contribution in [0.5, 0.6) is 11.5 Å². The Morgan fingerprint density at radius 2 is 2.12 bits per heavy atom. The summed E-state index contributed by atoms with van der Waals surface area (Å²) in [6.07, 6.45) is 1.26. The molecule has 0 N–H and O–H groups in total. The summed E-state index contributed by atoms with van der Waals surface area (Å²) in [7, 11) is 0. The molecule has 2 aliphatic rings. The number of rotatable bonds is 2. The largest absolute Gasteiger partial charge is 0.485 e. The van der Waals surface area contributed by atoms with E-state index in [9.17, 15) is 4.79 Å². The molecule has 1 saturated heterocycles. The van der Waals surface area contributed by atoms with E-state index >= 15 is 0 Å². The number of aryl methyl sites for hydroxylation is 1. The van der Waals surface area contributed by atoms with E-state index in [1.54, 1.807) is 6.92 Å². The minimum atomic E-state index is -0.606. The standard InChI is InChI=1S/C17H19N3O4/c1-11-18-16(19-24-11)12-5-4-8-20(9-12)17(21)15-10-22-13-6-2-3-7-14(13)23-15/h2-3,6-7,12,15H,4-5,8-10H2,1H3/t12-,15-/m0/s1. The van der Waals surface area contributed by atoms with E-state index in [-0.39, 0.29) is 18.4 Å². The van der Waals surface area contributed by atoms with Crippen molar-refractivity contribution in [3.05, 3.63) is 36.0 Å². The lowest BCUT2D eigenvalue weighted by Gasteiger charge is -2.35. The molecule has 0 unspecified atom stereocenters. The molecule has 0 spiro atoms. The Kier molecular flexibility index (Phi) is 3.84. The summed E-state index contributed by atoms with van der Waals surface area (Å²) < 4.78 is 16.5. The van der Waals surface area contributed by atoms with Gasteiger partial charge in [-0.3, -0.25) is 4.79 Å². The topological polar surface area (TPSA) is 77.7 Å². The van der Waals surface area contributed by atoms with Crippen molar-refractivity contribution in [2.75, 3.05) is 19.7 Å². The van der Waals surface area contributed by atoms with Gasteiger partial charge in [-0.2, -0.15) is 4.98 Å². The summed E-state index contributed by atoms with van der Waals surface area (Å²) >= 11 is 0. The van der Waals surface area contributed by atoms with Gasteiger partial charge in [0.15, 0.2) is 17.3 Å². The van der Waals surface area contributed by atoms with Gasteiger partial charge in [-0.15, -0.1) is 0 Å². The Hall–Kier alpha value is -2.57. The van der Waals surface area contributed by atoms with E-state index in [4.69, 9.17) is 14.0 Å². The minimum absolute atomic E-state index is 0.0468. The van der Waals surface area contributed by atoms with Crippen LogP contribution in [-0.2, 0) is 4.79 Å². The highest BCUT2D eigenvalue weighted by Gasteiger charge is 2.34. The number of carbonyl (C=O) groups is 1. The molecule has 1 fully saturated rings. The number of piperidine rings is 1. The second-order valence-electron chi connectivity index (χ2n) is 6.16. The number of para-hydroxylation sites is 2. The predicted molar refractivity (Wildman–Crippen MR) is 83.9 cm³/mol. The fourth-order valence-corrected chi connectivity index (χ4v) is 3.21. The minimum Gasteiger partial charge on any atom is -0.485 e. The van der Waals surface area contributed by atoms with E-state index in [2.05, 4.69) is 10.1 Å². The quantitative estimate of drug-likeness (QED) is 0.838. The van der Waals surface area contributed by atoms with Crippen LogP contribution in [0.4, 0.5) is 0 Å². The van der Waals surface area contributed by atoms with Gasteiger partial charge in [0.25, 0.3) is 5.91 Å². The zero-order chi connectivity index (χ0) is 16.5. The third-order valence-corrected chi connectivity index (χ3v) is 4.43. The molecule has 0 bridgehead atoms. The van der Waals surface area contributed by atoms with Gasteiger partial charge in [0, 0.05) is 25.9 Å². The van der Waals surface area contributed by atoms with Crippen LogP contribution in [0.1, 0.15) is 30.5 Å². The first-order chi connectivity index (χ1) is 11.7. The van der Waals surface area contributed by atoms with Crippen LogP contribution in [0.25, 0.3) is 0 Å². The van der Waals surface area contributed by atoms with Gasteiger partial charge in [0.2, 0.25) is 12.0 Å². The van der Waals surface area contributed by atoms with Gasteiger partial charge in [-0.25, -0.2) is 0 Å². The average molecular weight is 329 g/mol. The number of aromatic nitrogens is 2. The first-order valence-corrected chi connectivity index (χ1v) is 8.18. The molecule has 1 amide bonds. The molecule has 1 aromatic carbocycles. The fraction of sp³-hybridized carbons (Fsp3) is 0.471. The summed E-state index contributed by atoms with van der Waals surface area (Å²) in [6.45, 7) is 3.30. The van der Waals surface area contributed by atoms with E-state index < -0.39 is 6.10 Å². The number of hydrogen-bond donors (Lipinski definition) is 0. The van der Waals surface area contributed by atoms with Crippen molar-refractivity contribution < 1.29 is 18.8 Å². The Bertz CT molecular complexity index is 745. The van der Waals surface area contributed by atoms with Crippen molar-refractivity contribution in [2.24, 2.45) is 0 Å². The summed E-state index contributed by atoms with van der Waals surface area (Å²) in [5, 5.41) is 4.00. The molecular weight excluding hydrogens is 310 g/mol. The van der Waals surface area contributed by atoms with Crippen LogP contribution in [0.15, 0.2) is 28.8 Å². The predicted octanol–water partition coefficient (Wildman–Crippen LogP) is 1.92. The summed E-state index contributed by atoms with van der Waals surface area (Å²) in [5.41, 5.74) is 0. The summed E-state index contributed by atoms with van der Waals surface area (Å²) in [5.74, 6) is 2.58.